The lowest BCUT2D eigenvalue weighted by molar-refractivity contribution is 0.000413. The van der Waals surface area contributed by atoms with Crippen molar-refractivity contribution < 1.29 is 4.74 Å². The summed E-state index contributed by atoms with van der Waals surface area (Å²) in [7, 11) is 1.83. The van der Waals surface area contributed by atoms with Gasteiger partial charge in [-0.25, -0.2) is 0 Å². The van der Waals surface area contributed by atoms with Crippen LogP contribution in [0.5, 0.6) is 0 Å². The summed E-state index contributed by atoms with van der Waals surface area (Å²) in [4.78, 5) is 4.38. The maximum Gasteiger partial charge on any atom is 0.156 e. The molecule has 0 spiro atoms. The first-order valence-corrected chi connectivity index (χ1v) is 6.29. The van der Waals surface area contributed by atoms with Crippen molar-refractivity contribution in [3.63, 3.8) is 0 Å². The van der Waals surface area contributed by atoms with Gasteiger partial charge in [-0.05, 0) is 12.8 Å². The van der Waals surface area contributed by atoms with Crippen LogP contribution in [0.4, 0.5) is 0 Å². The van der Waals surface area contributed by atoms with E-state index in [4.69, 9.17) is 4.74 Å². The molecule has 0 radical (unpaired) electrons. The van der Waals surface area contributed by atoms with E-state index < -0.39 is 0 Å². The number of aliphatic imine (C=N–C) groups is 1. The predicted octanol–water partition coefficient (Wildman–Crippen LogP) is 1.64. The Morgan fingerprint density at radius 3 is 2.86 bits per heavy atom. The van der Waals surface area contributed by atoms with Crippen LogP contribution < -0.4 is 5.32 Å². The lowest BCUT2D eigenvalue weighted by Gasteiger charge is -2.27. The lowest BCUT2D eigenvalue weighted by Crippen LogP contribution is -2.41. The van der Waals surface area contributed by atoms with Gasteiger partial charge in [-0.1, -0.05) is 24.6 Å². The Morgan fingerprint density at radius 2 is 2.29 bits per heavy atom. The third-order valence-corrected chi connectivity index (χ3v) is 4.03. The Hall–Kier alpha value is -0.220. The van der Waals surface area contributed by atoms with E-state index in [1.54, 1.807) is 0 Å². The number of hydrogen-bond acceptors (Lipinski definition) is 4. The molecular weight excluding hydrogens is 196 g/mol. The van der Waals surface area contributed by atoms with Crippen molar-refractivity contribution in [1.82, 2.24) is 5.32 Å². The predicted molar refractivity (Wildman–Crippen MR) is 61.0 cm³/mol. The summed E-state index contributed by atoms with van der Waals surface area (Å²) in [6.07, 6.45) is 4.98. The minimum atomic E-state index is 0.0890. The van der Waals surface area contributed by atoms with Crippen molar-refractivity contribution in [2.45, 2.75) is 31.3 Å². The molecule has 0 atom stereocenters. The lowest BCUT2D eigenvalue weighted by atomic mass is 10.0. The molecule has 1 N–H and O–H groups in total. The average Bonchev–Trinajstić information content (AvgIpc) is 2.87. The van der Waals surface area contributed by atoms with E-state index in [0.29, 0.717) is 0 Å². The van der Waals surface area contributed by atoms with Crippen molar-refractivity contribution in [2.24, 2.45) is 4.99 Å². The third-order valence-electron chi connectivity index (χ3n) is 3.10. The van der Waals surface area contributed by atoms with E-state index in [-0.39, 0.29) is 5.60 Å². The van der Waals surface area contributed by atoms with Crippen LogP contribution in [0.25, 0.3) is 0 Å². The Balaban J connectivity index is 1.82. The second kappa shape index (κ2) is 4.53. The van der Waals surface area contributed by atoms with Crippen LogP contribution in [-0.2, 0) is 4.74 Å². The number of thioether (sulfide) groups is 1. The normalized spacial score (nSPS) is 25.1. The maximum absolute atomic E-state index is 5.63. The highest BCUT2D eigenvalue weighted by Gasteiger charge is 2.33. The standard InChI is InChI=1S/C10H18N2OS/c1-13-10(4-2-3-5-10)8-12-9-11-6-7-14-9/h2-8H2,1H3,(H,11,12). The van der Waals surface area contributed by atoms with Crippen LogP contribution in [0.15, 0.2) is 4.99 Å². The molecule has 0 saturated heterocycles. The summed E-state index contributed by atoms with van der Waals surface area (Å²) < 4.78 is 5.63. The topological polar surface area (TPSA) is 33.6 Å². The van der Waals surface area contributed by atoms with Crippen molar-refractivity contribution in [1.29, 1.82) is 0 Å². The molecule has 80 valence electrons. The summed E-state index contributed by atoms with van der Waals surface area (Å²) in [6, 6.07) is 0. The minimum absolute atomic E-state index is 0.0890. The molecule has 0 bridgehead atoms. The van der Waals surface area contributed by atoms with E-state index in [1.165, 1.54) is 25.7 Å². The highest BCUT2D eigenvalue weighted by atomic mass is 32.2. The summed E-state index contributed by atoms with van der Waals surface area (Å²) in [6.45, 7) is 1.89. The highest BCUT2D eigenvalue weighted by Crippen LogP contribution is 2.32. The van der Waals surface area contributed by atoms with Crippen molar-refractivity contribution in [3.05, 3.63) is 0 Å². The molecule has 3 nitrogen and oxygen atoms in total. The van der Waals surface area contributed by atoms with Crippen LogP contribution in [-0.4, -0.2) is 36.7 Å². The summed E-state index contributed by atoms with van der Waals surface area (Å²) in [5.41, 5.74) is 0.0890. The number of hydrogen-bond donors (Lipinski definition) is 1. The van der Waals surface area contributed by atoms with Gasteiger partial charge in [0.1, 0.15) is 0 Å². The number of nitrogens with one attached hydrogen (secondary N) is 1. The molecule has 2 rings (SSSR count). The molecule has 1 saturated carbocycles. The fraction of sp³-hybridized carbons (Fsp3) is 0.900. The first kappa shape index (κ1) is 10.3. The van der Waals surface area contributed by atoms with Gasteiger partial charge in [-0.2, -0.15) is 0 Å². The third kappa shape index (κ3) is 2.23. The minimum Gasteiger partial charge on any atom is -0.376 e. The Morgan fingerprint density at radius 1 is 1.50 bits per heavy atom. The first-order valence-electron chi connectivity index (χ1n) is 5.31. The monoisotopic (exact) mass is 214 g/mol. The van der Waals surface area contributed by atoms with E-state index in [0.717, 1.165) is 24.0 Å². The van der Waals surface area contributed by atoms with Crippen LogP contribution in [0.2, 0.25) is 0 Å². The number of amidine groups is 1. The largest absolute Gasteiger partial charge is 0.376 e. The molecule has 4 heteroatoms. The van der Waals surface area contributed by atoms with Crippen molar-refractivity contribution in [3.8, 4) is 0 Å². The zero-order chi connectivity index (χ0) is 9.86. The molecule has 14 heavy (non-hydrogen) atoms. The van der Waals surface area contributed by atoms with E-state index in [9.17, 15) is 0 Å². The summed E-state index contributed by atoms with van der Waals surface area (Å²) >= 11 is 1.82. The number of methoxy groups -OCH3 is 1. The quantitative estimate of drug-likeness (QED) is 0.775. The van der Waals surface area contributed by atoms with Gasteiger partial charge in [-0.3, -0.25) is 4.99 Å². The molecule has 2 aliphatic rings. The second-order valence-electron chi connectivity index (χ2n) is 3.98. The zero-order valence-corrected chi connectivity index (χ0v) is 9.53. The molecule has 1 fully saturated rings. The number of nitrogens with zero attached hydrogens (tertiary/aromatic N) is 1. The van der Waals surface area contributed by atoms with Gasteiger partial charge in [0.2, 0.25) is 0 Å². The molecule has 1 aliphatic heterocycles. The SMILES string of the molecule is COC1(CNC2=NCCS2)CCCC1. The van der Waals surface area contributed by atoms with Gasteiger partial charge in [0.25, 0.3) is 0 Å². The first-order chi connectivity index (χ1) is 6.85. The van der Waals surface area contributed by atoms with E-state index in [2.05, 4.69) is 10.3 Å². The fourth-order valence-corrected chi connectivity index (χ4v) is 2.88. The number of rotatable bonds is 3. The zero-order valence-electron chi connectivity index (χ0n) is 8.71. The van der Waals surface area contributed by atoms with Gasteiger partial charge in [0, 0.05) is 19.4 Å². The highest BCUT2D eigenvalue weighted by molar-refractivity contribution is 8.14. The van der Waals surface area contributed by atoms with Gasteiger partial charge in [0.15, 0.2) is 5.17 Å². The van der Waals surface area contributed by atoms with Gasteiger partial charge >= 0.3 is 0 Å². The fourth-order valence-electron chi connectivity index (χ4n) is 2.15. The molecule has 0 aromatic rings. The van der Waals surface area contributed by atoms with Gasteiger partial charge in [0.05, 0.1) is 12.1 Å². The van der Waals surface area contributed by atoms with Gasteiger partial charge in [-0.15, -0.1) is 0 Å². The Kier molecular flexibility index (Phi) is 3.34. The maximum atomic E-state index is 5.63. The van der Waals surface area contributed by atoms with Crippen molar-refractivity contribution in [2.75, 3.05) is 26.0 Å². The van der Waals surface area contributed by atoms with Crippen LogP contribution in [0.1, 0.15) is 25.7 Å². The van der Waals surface area contributed by atoms with Gasteiger partial charge < -0.3 is 10.1 Å². The van der Waals surface area contributed by atoms with Crippen LogP contribution in [0.3, 0.4) is 0 Å². The molecule has 1 heterocycles. The van der Waals surface area contributed by atoms with Crippen LogP contribution >= 0.6 is 11.8 Å². The second-order valence-corrected chi connectivity index (χ2v) is 5.07. The molecule has 0 unspecified atom stereocenters. The molecule has 1 aliphatic carbocycles. The molecular formula is C10H18N2OS. The number of ether oxygens (including phenoxy) is 1. The average molecular weight is 214 g/mol. The Bertz CT molecular complexity index is 224. The molecule has 0 amide bonds. The smallest absolute Gasteiger partial charge is 0.156 e. The molecule has 0 aromatic carbocycles. The Labute approximate surface area is 89.7 Å². The van der Waals surface area contributed by atoms with Crippen LogP contribution in [0, 0.1) is 0 Å². The van der Waals surface area contributed by atoms with Crippen molar-refractivity contribution >= 4 is 16.9 Å². The van der Waals surface area contributed by atoms with E-state index in [1.807, 2.05) is 18.9 Å². The summed E-state index contributed by atoms with van der Waals surface area (Å²) in [5.74, 6) is 1.13. The summed E-state index contributed by atoms with van der Waals surface area (Å²) in [5, 5.41) is 4.51. The van der Waals surface area contributed by atoms with E-state index >= 15 is 0 Å². The molecule has 0 aromatic heterocycles.